The van der Waals surface area contributed by atoms with Gasteiger partial charge in [-0.2, -0.15) is 0 Å². The van der Waals surface area contributed by atoms with Gasteiger partial charge in [0.05, 0.1) is 5.51 Å². The SMILES string of the molecule is CCNC(Cc1cccc(C)c1)c1cncs1. The van der Waals surface area contributed by atoms with Crippen LogP contribution in [-0.2, 0) is 6.42 Å². The summed E-state index contributed by atoms with van der Waals surface area (Å²) in [5, 5.41) is 3.52. The zero-order valence-electron chi connectivity index (χ0n) is 10.3. The molecule has 0 bridgehead atoms. The van der Waals surface area contributed by atoms with E-state index < -0.39 is 0 Å². The van der Waals surface area contributed by atoms with Gasteiger partial charge in [0.15, 0.2) is 0 Å². The van der Waals surface area contributed by atoms with E-state index in [0.717, 1.165) is 13.0 Å². The third kappa shape index (κ3) is 3.38. The average molecular weight is 246 g/mol. The van der Waals surface area contributed by atoms with Gasteiger partial charge in [0, 0.05) is 17.1 Å². The second-order valence-electron chi connectivity index (χ2n) is 4.21. The van der Waals surface area contributed by atoms with E-state index in [9.17, 15) is 0 Å². The van der Waals surface area contributed by atoms with Gasteiger partial charge >= 0.3 is 0 Å². The van der Waals surface area contributed by atoms with E-state index in [2.05, 4.69) is 48.4 Å². The maximum Gasteiger partial charge on any atom is 0.0794 e. The second kappa shape index (κ2) is 5.94. The molecule has 0 spiro atoms. The second-order valence-corrected chi connectivity index (χ2v) is 5.13. The number of thiazole rings is 1. The Hall–Kier alpha value is -1.19. The molecule has 1 aromatic heterocycles. The number of aryl methyl sites for hydroxylation is 1. The van der Waals surface area contributed by atoms with Crippen molar-refractivity contribution in [1.82, 2.24) is 10.3 Å². The Morgan fingerprint density at radius 2 is 2.29 bits per heavy atom. The third-order valence-electron chi connectivity index (χ3n) is 2.77. The lowest BCUT2D eigenvalue weighted by Gasteiger charge is -2.16. The van der Waals surface area contributed by atoms with Crippen LogP contribution in [0.2, 0.25) is 0 Å². The van der Waals surface area contributed by atoms with Crippen molar-refractivity contribution in [1.29, 1.82) is 0 Å². The lowest BCUT2D eigenvalue weighted by Crippen LogP contribution is -2.22. The molecular weight excluding hydrogens is 228 g/mol. The molecular formula is C14H18N2S. The maximum atomic E-state index is 4.16. The molecule has 1 N–H and O–H groups in total. The first-order valence-corrected chi connectivity index (χ1v) is 6.85. The van der Waals surface area contributed by atoms with Crippen molar-refractivity contribution in [3.63, 3.8) is 0 Å². The van der Waals surface area contributed by atoms with Gasteiger partial charge in [-0.1, -0.05) is 36.8 Å². The molecule has 2 aromatic rings. The molecule has 1 aromatic carbocycles. The van der Waals surface area contributed by atoms with Gasteiger partial charge in [-0.3, -0.25) is 4.98 Å². The van der Waals surface area contributed by atoms with Gasteiger partial charge in [-0.25, -0.2) is 0 Å². The van der Waals surface area contributed by atoms with Gasteiger partial charge in [-0.15, -0.1) is 11.3 Å². The molecule has 0 aliphatic rings. The Kier molecular flexibility index (Phi) is 4.29. The van der Waals surface area contributed by atoms with Crippen molar-refractivity contribution >= 4 is 11.3 Å². The van der Waals surface area contributed by atoms with Gasteiger partial charge in [0.25, 0.3) is 0 Å². The Morgan fingerprint density at radius 3 is 2.94 bits per heavy atom. The van der Waals surface area contributed by atoms with Crippen LogP contribution in [0.5, 0.6) is 0 Å². The minimum Gasteiger partial charge on any atom is -0.309 e. The van der Waals surface area contributed by atoms with Crippen molar-refractivity contribution < 1.29 is 0 Å². The van der Waals surface area contributed by atoms with Crippen molar-refractivity contribution in [2.24, 2.45) is 0 Å². The number of rotatable bonds is 5. The number of nitrogens with zero attached hydrogens (tertiary/aromatic N) is 1. The van der Waals surface area contributed by atoms with E-state index in [0.29, 0.717) is 6.04 Å². The maximum absolute atomic E-state index is 4.16. The highest BCUT2D eigenvalue weighted by atomic mass is 32.1. The molecule has 2 rings (SSSR count). The van der Waals surface area contributed by atoms with Crippen molar-refractivity contribution in [2.75, 3.05) is 6.54 Å². The normalized spacial score (nSPS) is 12.6. The fourth-order valence-electron chi connectivity index (χ4n) is 1.99. The predicted octanol–water partition coefficient (Wildman–Crippen LogP) is 3.34. The molecule has 0 saturated heterocycles. The summed E-state index contributed by atoms with van der Waals surface area (Å²) >= 11 is 1.72. The number of aromatic nitrogens is 1. The number of hydrogen-bond acceptors (Lipinski definition) is 3. The molecule has 0 amide bonds. The predicted molar refractivity (Wildman–Crippen MR) is 73.4 cm³/mol. The summed E-state index contributed by atoms with van der Waals surface area (Å²) in [7, 11) is 0. The lowest BCUT2D eigenvalue weighted by atomic mass is 10.0. The molecule has 17 heavy (non-hydrogen) atoms. The van der Waals surface area contributed by atoms with E-state index >= 15 is 0 Å². The Labute approximate surface area is 107 Å². The molecule has 0 aliphatic carbocycles. The highest BCUT2D eigenvalue weighted by molar-refractivity contribution is 7.09. The van der Waals surface area contributed by atoms with Crippen LogP contribution in [0.15, 0.2) is 36.0 Å². The van der Waals surface area contributed by atoms with E-state index in [1.807, 2.05) is 11.7 Å². The number of hydrogen-bond donors (Lipinski definition) is 1. The summed E-state index contributed by atoms with van der Waals surface area (Å²) in [5.41, 5.74) is 4.60. The van der Waals surface area contributed by atoms with Crippen LogP contribution >= 0.6 is 11.3 Å². The average Bonchev–Trinajstić information content (AvgIpc) is 2.82. The fourth-order valence-corrected chi connectivity index (χ4v) is 2.69. The molecule has 0 saturated carbocycles. The van der Waals surface area contributed by atoms with Gasteiger partial charge in [-0.05, 0) is 25.5 Å². The molecule has 2 nitrogen and oxygen atoms in total. The highest BCUT2D eigenvalue weighted by Crippen LogP contribution is 2.21. The van der Waals surface area contributed by atoms with Crippen LogP contribution in [0.1, 0.15) is 29.0 Å². The van der Waals surface area contributed by atoms with Crippen molar-refractivity contribution in [2.45, 2.75) is 26.3 Å². The Balaban J connectivity index is 2.13. The minimum absolute atomic E-state index is 0.384. The summed E-state index contributed by atoms with van der Waals surface area (Å²) < 4.78 is 0. The fraction of sp³-hybridized carbons (Fsp3) is 0.357. The molecule has 0 fully saturated rings. The van der Waals surface area contributed by atoms with Crippen LogP contribution in [0, 0.1) is 6.92 Å². The van der Waals surface area contributed by atoms with Gasteiger partial charge in [0.2, 0.25) is 0 Å². The standard InChI is InChI=1S/C14H18N2S/c1-3-16-13(14-9-15-10-17-14)8-12-6-4-5-11(2)7-12/h4-7,9-10,13,16H,3,8H2,1-2H3. The smallest absolute Gasteiger partial charge is 0.0794 e. The van der Waals surface area contributed by atoms with Gasteiger partial charge in [0.1, 0.15) is 0 Å². The summed E-state index contributed by atoms with van der Waals surface area (Å²) in [4.78, 5) is 5.48. The van der Waals surface area contributed by atoms with E-state index in [1.54, 1.807) is 11.3 Å². The highest BCUT2D eigenvalue weighted by Gasteiger charge is 2.12. The minimum atomic E-state index is 0.384. The first kappa shape index (κ1) is 12.3. The molecule has 1 atom stereocenters. The molecule has 0 radical (unpaired) electrons. The number of nitrogens with one attached hydrogen (secondary N) is 1. The van der Waals surface area contributed by atoms with Crippen LogP contribution in [0.3, 0.4) is 0 Å². The molecule has 1 unspecified atom stereocenters. The van der Waals surface area contributed by atoms with Crippen LogP contribution < -0.4 is 5.32 Å². The molecule has 0 aliphatic heterocycles. The zero-order valence-corrected chi connectivity index (χ0v) is 11.1. The van der Waals surface area contributed by atoms with Crippen molar-refractivity contribution in [3.8, 4) is 0 Å². The molecule has 90 valence electrons. The quantitative estimate of drug-likeness (QED) is 0.875. The summed E-state index contributed by atoms with van der Waals surface area (Å²) in [6, 6.07) is 9.09. The monoisotopic (exact) mass is 246 g/mol. The van der Waals surface area contributed by atoms with Gasteiger partial charge < -0.3 is 5.32 Å². The molecule has 1 heterocycles. The Morgan fingerprint density at radius 1 is 1.41 bits per heavy atom. The first-order chi connectivity index (χ1) is 8.29. The van der Waals surface area contributed by atoms with E-state index in [1.165, 1.54) is 16.0 Å². The summed E-state index contributed by atoms with van der Waals surface area (Å²) in [5.74, 6) is 0. The van der Waals surface area contributed by atoms with Crippen molar-refractivity contribution in [3.05, 3.63) is 52.0 Å². The third-order valence-corrected chi connectivity index (χ3v) is 3.66. The molecule has 3 heteroatoms. The topological polar surface area (TPSA) is 24.9 Å². The first-order valence-electron chi connectivity index (χ1n) is 5.97. The number of benzene rings is 1. The van der Waals surface area contributed by atoms with Crippen LogP contribution in [0.25, 0.3) is 0 Å². The summed E-state index contributed by atoms with van der Waals surface area (Å²) in [6.45, 7) is 5.26. The summed E-state index contributed by atoms with van der Waals surface area (Å²) in [6.07, 6.45) is 2.99. The van der Waals surface area contributed by atoms with Crippen LogP contribution in [0.4, 0.5) is 0 Å². The zero-order chi connectivity index (χ0) is 12.1. The van der Waals surface area contributed by atoms with Crippen LogP contribution in [-0.4, -0.2) is 11.5 Å². The van der Waals surface area contributed by atoms with E-state index in [4.69, 9.17) is 0 Å². The Bertz CT molecular complexity index is 451. The largest absolute Gasteiger partial charge is 0.309 e. The number of likely N-dealkylation sites (N-methyl/N-ethyl adjacent to an activating group) is 1. The lowest BCUT2D eigenvalue weighted by molar-refractivity contribution is 0.557. The van der Waals surface area contributed by atoms with E-state index in [-0.39, 0.29) is 0 Å².